The number of pyridine rings is 1. The highest BCUT2D eigenvalue weighted by Crippen LogP contribution is 2.28. The molecule has 9 heteroatoms. The molecule has 0 bridgehead atoms. The molecule has 0 aromatic carbocycles. The van der Waals surface area contributed by atoms with Crippen molar-refractivity contribution in [1.82, 2.24) is 9.71 Å². The van der Waals surface area contributed by atoms with Crippen molar-refractivity contribution in [2.45, 2.75) is 17.9 Å². The second kappa shape index (κ2) is 6.50. The molecule has 0 aliphatic carbocycles. The van der Waals surface area contributed by atoms with Crippen molar-refractivity contribution in [3.05, 3.63) is 38.6 Å². The van der Waals surface area contributed by atoms with Crippen LogP contribution in [0.15, 0.2) is 29.3 Å². The number of thiophene rings is 1. The van der Waals surface area contributed by atoms with Crippen LogP contribution in [0.25, 0.3) is 0 Å². The van der Waals surface area contributed by atoms with Gasteiger partial charge >= 0.3 is 0 Å². The zero-order valence-corrected chi connectivity index (χ0v) is 14.4. The van der Waals surface area contributed by atoms with Crippen LogP contribution in [0.3, 0.4) is 0 Å². The normalized spacial score (nSPS) is 13.1. The highest BCUT2D eigenvalue weighted by Gasteiger charge is 2.21. The van der Waals surface area contributed by atoms with Gasteiger partial charge in [-0.15, -0.1) is 11.3 Å². The smallest absolute Gasteiger partial charge is 0.242 e. The highest BCUT2D eigenvalue weighted by molar-refractivity contribution is 7.89. The van der Waals surface area contributed by atoms with Crippen molar-refractivity contribution in [1.29, 1.82) is 0 Å². The molecular formula is C12H13Cl2N3O2S2. The minimum absolute atomic E-state index is 0.0148. The van der Waals surface area contributed by atoms with E-state index in [4.69, 9.17) is 23.2 Å². The largest absolute Gasteiger partial charge is 0.372 e. The summed E-state index contributed by atoms with van der Waals surface area (Å²) in [6.45, 7) is 1.75. The van der Waals surface area contributed by atoms with Gasteiger partial charge < -0.3 is 5.32 Å². The van der Waals surface area contributed by atoms with Crippen LogP contribution in [0.2, 0.25) is 9.36 Å². The second-order valence-corrected chi connectivity index (χ2v) is 8.10. The van der Waals surface area contributed by atoms with Gasteiger partial charge in [0.25, 0.3) is 0 Å². The van der Waals surface area contributed by atoms with Gasteiger partial charge in [0.05, 0.1) is 15.4 Å². The quantitative estimate of drug-likeness (QED) is 0.849. The predicted octanol–water partition coefficient (Wildman–Crippen LogP) is 3.53. The molecule has 0 aliphatic rings. The summed E-state index contributed by atoms with van der Waals surface area (Å²) in [7, 11) is -2.05. The van der Waals surface area contributed by atoms with Gasteiger partial charge in [-0.25, -0.2) is 18.1 Å². The monoisotopic (exact) mass is 365 g/mol. The molecule has 21 heavy (non-hydrogen) atoms. The maximum atomic E-state index is 12.3. The summed E-state index contributed by atoms with van der Waals surface area (Å²) in [5.41, 5.74) is 0. The Morgan fingerprint density at radius 2 is 2.05 bits per heavy atom. The van der Waals surface area contributed by atoms with E-state index in [1.807, 2.05) is 0 Å². The van der Waals surface area contributed by atoms with Crippen molar-refractivity contribution in [2.24, 2.45) is 0 Å². The van der Waals surface area contributed by atoms with Crippen LogP contribution in [0.1, 0.15) is 17.8 Å². The lowest BCUT2D eigenvalue weighted by Crippen LogP contribution is -2.26. The molecule has 114 valence electrons. The molecule has 2 rings (SSSR count). The van der Waals surface area contributed by atoms with Crippen molar-refractivity contribution in [3.8, 4) is 0 Å². The van der Waals surface area contributed by atoms with Gasteiger partial charge in [0.1, 0.15) is 10.7 Å². The number of aromatic nitrogens is 1. The number of nitrogens with one attached hydrogen (secondary N) is 2. The van der Waals surface area contributed by atoms with Gasteiger partial charge in [-0.2, -0.15) is 0 Å². The molecule has 0 amide bonds. The zero-order chi connectivity index (χ0) is 15.6. The number of anilines is 1. The number of hydrogen-bond donors (Lipinski definition) is 2. The number of sulfonamides is 1. The Hall–Kier alpha value is -0.860. The Balaban J connectivity index is 2.24. The first-order chi connectivity index (χ1) is 9.83. The molecule has 0 spiro atoms. The summed E-state index contributed by atoms with van der Waals surface area (Å²) >= 11 is 13.1. The van der Waals surface area contributed by atoms with Crippen LogP contribution in [0.5, 0.6) is 0 Å². The van der Waals surface area contributed by atoms with Gasteiger partial charge in [0.2, 0.25) is 10.0 Å². The molecule has 5 nitrogen and oxygen atoms in total. The zero-order valence-electron chi connectivity index (χ0n) is 11.2. The maximum Gasteiger partial charge on any atom is 0.242 e. The van der Waals surface area contributed by atoms with E-state index < -0.39 is 16.1 Å². The Labute approximate surface area is 137 Å². The number of halogens is 2. The number of nitrogens with zero attached hydrogens (tertiary/aromatic N) is 1. The summed E-state index contributed by atoms with van der Waals surface area (Å²) in [4.78, 5) is 4.81. The molecule has 2 heterocycles. The number of hydrogen-bond acceptors (Lipinski definition) is 5. The predicted molar refractivity (Wildman–Crippen MR) is 86.9 cm³/mol. The SMILES string of the molecule is CNc1ncc(S(=O)(=O)NC(C)c2ccc(Cl)s2)cc1Cl. The second-order valence-electron chi connectivity index (χ2n) is 4.24. The van der Waals surface area contributed by atoms with Crippen LogP contribution in [0, 0.1) is 0 Å². The van der Waals surface area contributed by atoms with E-state index in [0.29, 0.717) is 10.2 Å². The fourth-order valence-corrected chi connectivity index (χ4v) is 4.33. The molecule has 0 aliphatic heterocycles. The lowest BCUT2D eigenvalue weighted by atomic mass is 10.3. The third-order valence-electron chi connectivity index (χ3n) is 2.72. The molecule has 1 atom stereocenters. The minimum Gasteiger partial charge on any atom is -0.372 e. The van der Waals surface area contributed by atoms with Gasteiger partial charge in [-0.05, 0) is 25.1 Å². The number of rotatable bonds is 5. The third-order valence-corrected chi connectivity index (χ3v) is 5.93. The highest BCUT2D eigenvalue weighted by atomic mass is 35.5. The Morgan fingerprint density at radius 1 is 1.33 bits per heavy atom. The van der Waals surface area contributed by atoms with Crippen LogP contribution in [-0.2, 0) is 10.0 Å². The van der Waals surface area contributed by atoms with E-state index in [1.54, 1.807) is 26.1 Å². The minimum atomic E-state index is -3.71. The van der Waals surface area contributed by atoms with Crippen molar-refractivity contribution in [2.75, 3.05) is 12.4 Å². The molecule has 0 radical (unpaired) electrons. The molecule has 0 fully saturated rings. The van der Waals surface area contributed by atoms with E-state index in [0.717, 1.165) is 4.88 Å². The van der Waals surface area contributed by atoms with Crippen molar-refractivity contribution >= 4 is 50.4 Å². The molecule has 2 aromatic rings. The fourth-order valence-electron chi connectivity index (χ4n) is 1.67. The topological polar surface area (TPSA) is 71.1 Å². The average Bonchev–Trinajstić information content (AvgIpc) is 2.85. The van der Waals surface area contributed by atoms with Crippen LogP contribution < -0.4 is 10.0 Å². The van der Waals surface area contributed by atoms with E-state index in [1.165, 1.54) is 23.6 Å². The molecule has 0 saturated carbocycles. The molecule has 1 unspecified atom stereocenters. The Morgan fingerprint density at radius 3 is 2.57 bits per heavy atom. The van der Waals surface area contributed by atoms with Crippen LogP contribution in [-0.4, -0.2) is 20.4 Å². The van der Waals surface area contributed by atoms with E-state index >= 15 is 0 Å². The summed E-state index contributed by atoms with van der Waals surface area (Å²) in [5, 5.41) is 3.01. The van der Waals surface area contributed by atoms with Gasteiger partial charge in [0, 0.05) is 18.1 Å². The van der Waals surface area contributed by atoms with E-state index in [-0.39, 0.29) is 9.92 Å². The summed E-state index contributed by atoms with van der Waals surface area (Å²) in [6, 6.07) is 4.48. The summed E-state index contributed by atoms with van der Waals surface area (Å²) in [5.74, 6) is 0.425. The lowest BCUT2D eigenvalue weighted by molar-refractivity contribution is 0.568. The first-order valence-corrected chi connectivity index (χ1v) is 9.00. The molecular weight excluding hydrogens is 353 g/mol. The van der Waals surface area contributed by atoms with Crippen molar-refractivity contribution < 1.29 is 8.42 Å². The van der Waals surface area contributed by atoms with Crippen LogP contribution >= 0.6 is 34.5 Å². The molecule has 2 aromatic heterocycles. The average molecular weight is 366 g/mol. The first kappa shape index (κ1) is 16.5. The van der Waals surface area contributed by atoms with Crippen molar-refractivity contribution in [3.63, 3.8) is 0 Å². The summed E-state index contributed by atoms with van der Waals surface area (Å²) in [6.07, 6.45) is 1.26. The summed E-state index contributed by atoms with van der Waals surface area (Å²) < 4.78 is 27.8. The van der Waals surface area contributed by atoms with Gasteiger partial charge in [0.15, 0.2) is 0 Å². The van der Waals surface area contributed by atoms with E-state index in [2.05, 4.69) is 15.0 Å². The lowest BCUT2D eigenvalue weighted by Gasteiger charge is -2.13. The standard InChI is InChI=1S/C12H13Cl2N3O2S2/c1-7(10-3-4-11(14)20-10)17-21(18,19)8-5-9(13)12(15-2)16-6-8/h3-7,17H,1-2H3,(H,15,16). The first-order valence-electron chi connectivity index (χ1n) is 5.94. The van der Waals surface area contributed by atoms with E-state index in [9.17, 15) is 8.42 Å². The Bertz CT molecular complexity index is 747. The third kappa shape index (κ3) is 3.87. The maximum absolute atomic E-state index is 12.3. The van der Waals surface area contributed by atoms with Gasteiger partial charge in [-0.3, -0.25) is 0 Å². The van der Waals surface area contributed by atoms with Gasteiger partial charge in [-0.1, -0.05) is 23.2 Å². The Kier molecular flexibility index (Phi) is 5.11. The molecule has 0 saturated heterocycles. The fraction of sp³-hybridized carbons (Fsp3) is 0.250. The van der Waals surface area contributed by atoms with Crippen LogP contribution in [0.4, 0.5) is 5.82 Å². The molecule has 2 N–H and O–H groups in total.